The molecule has 5 nitrogen and oxygen atoms in total. The summed E-state index contributed by atoms with van der Waals surface area (Å²) in [6, 6.07) is 21.1. The summed E-state index contributed by atoms with van der Waals surface area (Å²) in [7, 11) is 0. The van der Waals surface area contributed by atoms with Crippen LogP contribution in [0.4, 0.5) is 5.69 Å². The predicted octanol–water partition coefficient (Wildman–Crippen LogP) is 4.94. The van der Waals surface area contributed by atoms with Crippen molar-refractivity contribution in [2.24, 2.45) is 0 Å². The lowest BCUT2D eigenvalue weighted by Crippen LogP contribution is -2.25. The Morgan fingerprint density at radius 3 is 2.41 bits per heavy atom. The van der Waals surface area contributed by atoms with Gasteiger partial charge in [-0.15, -0.1) is 0 Å². The highest BCUT2D eigenvalue weighted by molar-refractivity contribution is 6.35. The molecule has 0 saturated carbocycles. The van der Waals surface area contributed by atoms with Crippen molar-refractivity contribution in [3.8, 4) is 5.75 Å². The summed E-state index contributed by atoms with van der Waals surface area (Å²) in [5.41, 5.74) is 1.72. The molecule has 0 atom stereocenters. The third kappa shape index (κ3) is 5.98. The molecule has 0 unspecified atom stereocenters. The second-order valence-electron chi connectivity index (χ2n) is 6.13. The standard InChI is InChI=1S/C22H18Cl2N2O3/c23-16-10-11-18(24)19(12-16)26-21(27)14-29-20-9-5-4-8-17(20)22(28)25-13-15-6-2-1-3-7-15/h1-12H,13-14H2,(H,25,28)(H,26,27). The maximum Gasteiger partial charge on any atom is 0.262 e. The maximum atomic E-state index is 12.5. The molecule has 3 aromatic rings. The Labute approximate surface area is 178 Å². The third-order valence-corrected chi connectivity index (χ3v) is 4.55. The van der Waals surface area contributed by atoms with Crippen LogP contribution in [-0.4, -0.2) is 18.4 Å². The quantitative estimate of drug-likeness (QED) is 0.559. The number of amides is 2. The van der Waals surface area contributed by atoms with Crippen LogP contribution in [0.3, 0.4) is 0 Å². The number of rotatable bonds is 7. The minimum Gasteiger partial charge on any atom is -0.483 e. The van der Waals surface area contributed by atoms with E-state index in [1.807, 2.05) is 30.3 Å². The molecule has 3 aromatic carbocycles. The van der Waals surface area contributed by atoms with Crippen LogP contribution in [0.5, 0.6) is 5.75 Å². The average Bonchev–Trinajstić information content (AvgIpc) is 2.74. The van der Waals surface area contributed by atoms with E-state index in [-0.39, 0.29) is 12.5 Å². The van der Waals surface area contributed by atoms with E-state index in [1.165, 1.54) is 0 Å². The summed E-state index contributed by atoms with van der Waals surface area (Å²) >= 11 is 12.0. The molecular weight excluding hydrogens is 411 g/mol. The molecule has 0 spiro atoms. The molecule has 0 heterocycles. The van der Waals surface area contributed by atoms with Gasteiger partial charge in [0.15, 0.2) is 6.61 Å². The summed E-state index contributed by atoms with van der Waals surface area (Å²) < 4.78 is 5.57. The topological polar surface area (TPSA) is 67.4 Å². The van der Waals surface area contributed by atoms with Gasteiger partial charge in [0.25, 0.3) is 11.8 Å². The van der Waals surface area contributed by atoms with Crippen LogP contribution in [0.1, 0.15) is 15.9 Å². The number of carbonyl (C=O) groups is 2. The van der Waals surface area contributed by atoms with E-state index < -0.39 is 5.91 Å². The molecule has 2 amide bonds. The van der Waals surface area contributed by atoms with Gasteiger partial charge in [-0.1, -0.05) is 65.7 Å². The molecule has 0 fully saturated rings. The zero-order chi connectivity index (χ0) is 20.6. The number of benzene rings is 3. The van der Waals surface area contributed by atoms with Gasteiger partial charge in [0.2, 0.25) is 0 Å². The molecule has 2 N–H and O–H groups in total. The van der Waals surface area contributed by atoms with Crippen molar-refractivity contribution < 1.29 is 14.3 Å². The van der Waals surface area contributed by atoms with Crippen molar-refractivity contribution in [1.29, 1.82) is 0 Å². The van der Waals surface area contributed by atoms with Gasteiger partial charge < -0.3 is 15.4 Å². The summed E-state index contributed by atoms with van der Waals surface area (Å²) in [5.74, 6) is -0.401. The van der Waals surface area contributed by atoms with E-state index in [2.05, 4.69) is 10.6 Å². The Kier molecular flexibility index (Phi) is 7.11. The molecule has 0 radical (unpaired) electrons. The van der Waals surface area contributed by atoms with Crippen molar-refractivity contribution in [3.63, 3.8) is 0 Å². The van der Waals surface area contributed by atoms with Crippen molar-refractivity contribution in [2.45, 2.75) is 6.54 Å². The highest BCUT2D eigenvalue weighted by atomic mass is 35.5. The number of hydrogen-bond acceptors (Lipinski definition) is 3. The largest absolute Gasteiger partial charge is 0.483 e. The fourth-order valence-electron chi connectivity index (χ4n) is 2.58. The SMILES string of the molecule is O=C(COc1ccccc1C(=O)NCc1ccccc1)Nc1cc(Cl)ccc1Cl. The first kappa shape index (κ1) is 20.7. The van der Waals surface area contributed by atoms with Crippen LogP contribution in [0, 0.1) is 0 Å². The molecule has 29 heavy (non-hydrogen) atoms. The smallest absolute Gasteiger partial charge is 0.262 e. The molecule has 0 aliphatic carbocycles. The second-order valence-corrected chi connectivity index (χ2v) is 6.97. The minimum atomic E-state index is -0.423. The Balaban J connectivity index is 1.60. The normalized spacial score (nSPS) is 10.3. The zero-order valence-electron chi connectivity index (χ0n) is 15.3. The number of carbonyl (C=O) groups excluding carboxylic acids is 2. The Hall–Kier alpha value is -3.02. The van der Waals surface area contributed by atoms with E-state index in [9.17, 15) is 9.59 Å². The number of nitrogens with one attached hydrogen (secondary N) is 2. The fourth-order valence-corrected chi connectivity index (χ4v) is 2.91. The first-order valence-corrected chi connectivity index (χ1v) is 9.57. The Morgan fingerprint density at radius 2 is 1.62 bits per heavy atom. The summed E-state index contributed by atoms with van der Waals surface area (Å²) in [4.78, 5) is 24.7. The number of anilines is 1. The Bertz CT molecular complexity index is 1010. The van der Waals surface area contributed by atoms with Crippen molar-refractivity contribution in [2.75, 3.05) is 11.9 Å². The highest BCUT2D eigenvalue weighted by Crippen LogP contribution is 2.25. The number of ether oxygens (including phenoxy) is 1. The van der Waals surface area contributed by atoms with Crippen LogP contribution in [-0.2, 0) is 11.3 Å². The Morgan fingerprint density at radius 1 is 0.897 bits per heavy atom. The predicted molar refractivity (Wildman–Crippen MR) is 115 cm³/mol. The van der Waals surface area contributed by atoms with Crippen molar-refractivity contribution >= 4 is 40.7 Å². The number of hydrogen-bond donors (Lipinski definition) is 2. The molecule has 0 bridgehead atoms. The van der Waals surface area contributed by atoms with Crippen LogP contribution in [0.25, 0.3) is 0 Å². The minimum absolute atomic E-state index is 0.286. The fraction of sp³-hybridized carbons (Fsp3) is 0.0909. The lowest BCUT2D eigenvalue weighted by molar-refractivity contribution is -0.118. The van der Waals surface area contributed by atoms with Crippen LogP contribution in [0.2, 0.25) is 10.0 Å². The second kappa shape index (κ2) is 9.96. The van der Waals surface area contributed by atoms with Gasteiger partial charge >= 0.3 is 0 Å². The molecule has 0 aliphatic rings. The van der Waals surface area contributed by atoms with Crippen molar-refractivity contribution in [3.05, 3.63) is 94.0 Å². The zero-order valence-corrected chi connectivity index (χ0v) is 16.8. The van der Waals surface area contributed by atoms with Crippen molar-refractivity contribution in [1.82, 2.24) is 5.32 Å². The average molecular weight is 429 g/mol. The van der Waals surface area contributed by atoms with E-state index in [4.69, 9.17) is 27.9 Å². The highest BCUT2D eigenvalue weighted by Gasteiger charge is 2.14. The van der Waals surface area contributed by atoms with Gasteiger partial charge in [-0.2, -0.15) is 0 Å². The van der Waals surface area contributed by atoms with Gasteiger partial charge in [-0.05, 0) is 35.9 Å². The molecule has 0 saturated heterocycles. The molecule has 0 aromatic heterocycles. The van der Waals surface area contributed by atoms with Gasteiger partial charge in [0.1, 0.15) is 5.75 Å². The van der Waals surface area contributed by atoms with E-state index in [0.717, 1.165) is 5.56 Å². The third-order valence-electron chi connectivity index (χ3n) is 3.99. The van der Waals surface area contributed by atoms with Crippen LogP contribution < -0.4 is 15.4 Å². The van der Waals surface area contributed by atoms with E-state index >= 15 is 0 Å². The van der Waals surface area contributed by atoms with Gasteiger partial charge in [0, 0.05) is 11.6 Å². The molecule has 0 aliphatic heterocycles. The van der Waals surface area contributed by atoms with E-state index in [0.29, 0.717) is 33.6 Å². The molecular formula is C22H18Cl2N2O3. The summed E-state index contributed by atoms with van der Waals surface area (Å²) in [5, 5.41) is 6.30. The lowest BCUT2D eigenvalue weighted by atomic mass is 10.1. The first-order valence-electron chi connectivity index (χ1n) is 8.82. The van der Waals surface area contributed by atoms with Crippen LogP contribution in [0.15, 0.2) is 72.8 Å². The molecule has 148 valence electrons. The van der Waals surface area contributed by atoms with Gasteiger partial charge in [0.05, 0.1) is 16.3 Å². The molecule has 7 heteroatoms. The van der Waals surface area contributed by atoms with Gasteiger partial charge in [-0.25, -0.2) is 0 Å². The monoisotopic (exact) mass is 428 g/mol. The van der Waals surface area contributed by atoms with E-state index in [1.54, 1.807) is 42.5 Å². The summed E-state index contributed by atoms with van der Waals surface area (Å²) in [6.07, 6.45) is 0. The summed E-state index contributed by atoms with van der Waals surface area (Å²) in [6.45, 7) is 0.105. The number of para-hydroxylation sites is 1. The van der Waals surface area contributed by atoms with Crippen LogP contribution >= 0.6 is 23.2 Å². The molecule has 3 rings (SSSR count). The lowest BCUT2D eigenvalue weighted by Gasteiger charge is -2.12. The maximum absolute atomic E-state index is 12.5. The number of halogens is 2. The first-order chi connectivity index (χ1) is 14.0. The van der Waals surface area contributed by atoms with Gasteiger partial charge in [-0.3, -0.25) is 9.59 Å².